The van der Waals surface area contributed by atoms with Gasteiger partial charge in [0.15, 0.2) is 6.10 Å². The number of carbonyl (C=O) groups excluding carboxylic acids is 3. The number of aliphatic hydroxyl groups is 3. The number of allylic oxidation sites excluding steroid dienone is 6. The van der Waals surface area contributed by atoms with Crippen LogP contribution in [0.15, 0.2) is 36.5 Å². The summed E-state index contributed by atoms with van der Waals surface area (Å²) in [5, 5.41) is 25.5. The van der Waals surface area contributed by atoms with Crippen LogP contribution in [0, 0.1) is 0 Å². The van der Waals surface area contributed by atoms with Crippen LogP contribution in [0.2, 0.25) is 0 Å². The molecule has 0 fully saturated rings. The third kappa shape index (κ3) is 61.9. The minimum atomic E-state index is -0.781. The summed E-state index contributed by atoms with van der Waals surface area (Å²) in [7, 11) is 0. The number of rotatable bonds is 56. The Bertz CT molecular complexity index is 1150. The van der Waals surface area contributed by atoms with Gasteiger partial charge in [0.25, 0.3) is 0 Å². The lowest BCUT2D eigenvalue weighted by molar-refractivity contribution is -0.167. The van der Waals surface area contributed by atoms with Crippen molar-refractivity contribution in [2.45, 2.75) is 297 Å². The fourth-order valence-corrected chi connectivity index (χ4v) is 8.66. The van der Waals surface area contributed by atoms with E-state index in [1.54, 1.807) is 4.90 Å². The highest BCUT2D eigenvalue weighted by Gasteiger charge is 2.19. The van der Waals surface area contributed by atoms with Gasteiger partial charge in [0.1, 0.15) is 13.2 Å². The first-order chi connectivity index (χ1) is 35.9. The van der Waals surface area contributed by atoms with Crippen LogP contribution in [-0.2, 0) is 28.6 Å². The first-order valence-corrected chi connectivity index (χ1v) is 30.9. The van der Waals surface area contributed by atoms with Crippen molar-refractivity contribution < 1.29 is 43.9 Å². The summed E-state index contributed by atoms with van der Waals surface area (Å²) in [5.74, 6) is -0.893. The lowest BCUT2D eigenvalue weighted by Gasteiger charge is -2.18. The zero-order valence-electron chi connectivity index (χ0n) is 48.1. The number of hydrogen-bond donors (Lipinski definition) is 3. The average Bonchev–Trinajstić information content (AvgIpc) is 3.38. The SMILES string of the molecule is CCCCCCCC/C=C\CCCCCCCC(=O)OCC(COC(=O)CCCCCCC/C=C\CCCCCCCC)OC(=O)CCCCCCC/C=C\CCCCCCCC.OCCN(CCO)CCO. The van der Waals surface area contributed by atoms with Crippen LogP contribution < -0.4 is 0 Å². The fraction of sp³-hybridized carbons (Fsp3) is 0.857. The van der Waals surface area contributed by atoms with Crippen molar-refractivity contribution in [1.29, 1.82) is 0 Å². The van der Waals surface area contributed by atoms with E-state index >= 15 is 0 Å². The number of carbonyl (C=O) groups is 3. The molecule has 73 heavy (non-hydrogen) atoms. The van der Waals surface area contributed by atoms with Gasteiger partial charge < -0.3 is 29.5 Å². The highest BCUT2D eigenvalue weighted by atomic mass is 16.6. The Morgan fingerprint density at radius 2 is 0.575 bits per heavy atom. The van der Waals surface area contributed by atoms with Crippen molar-refractivity contribution >= 4 is 17.9 Å². The van der Waals surface area contributed by atoms with Gasteiger partial charge in [-0.15, -0.1) is 0 Å². The monoisotopic (exact) mass is 1030 g/mol. The molecule has 0 amide bonds. The molecular weight excluding hydrogens is 915 g/mol. The number of hydrogen-bond acceptors (Lipinski definition) is 10. The summed E-state index contributed by atoms with van der Waals surface area (Å²) in [5.41, 5.74) is 0. The van der Waals surface area contributed by atoms with E-state index in [1.165, 1.54) is 173 Å². The van der Waals surface area contributed by atoms with Crippen molar-refractivity contribution in [2.75, 3.05) is 52.7 Å². The third-order valence-electron chi connectivity index (χ3n) is 13.3. The smallest absolute Gasteiger partial charge is 0.306 e. The molecule has 0 aliphatic carbocycles. The molecule has 430 valence electrons. The predicted octanol–water partition coefficient (Wildman–Crippen LogP) is 16.4. The second-order valence-corrected chi connectivity index (χ2v) is 20.5. The van der Waals surface area contributed by atoms with E-state index in [9.17, 15) is 14.4 Å². The maximum atomic E-state index is 12.8. The minimum absolute atomic E-state index is 0.0694. The number of unbranched alkanes of at least 4 members (excludes halogenated alkanes) is 33. The van der Waals surface area contributed by atoms with Crippen LogP contribution in [0.3, 0.4) is 0 Å². The molecule has 0 aliphatic rings. The van der Waals surface area contributed by atoms with Crippen molar-refractivity contribution in [1.82, 2.24) is 4.90 Å². The lowest BCUT2D eigenvalue weighted by atomic mass is 10.1. The molecule has 0 aromatic heterocycles. The van der Waals surface area contributed by atoms with Crippen LogP contribution in [0.1, 0.15) is 290 Å². The number of nitrogens with zero attached hydrogens (tertiary/aromatic N) is 1. The van der Waals surface area contributed by atoms with Crippen LogP contribution in [-0.4, -0.2) is 96.9 Å². The van der Waals surface area contributed by atoms with Gasteiger partial charge in [0.2, 0.25) is 0 Å². The van der Waals surface area contributed by atoms with E-state index < -0.39 is 6.10 Å². The van der Waals surface area contributed by atoms with E-state index in [4.69, 9.17) is 29.5 Å². The van der Waals surface area contributed by atoms with Crippen molar-refractivity contribution in [3.05, 3.63) is 36.5 Å². The summed E-state index contributed by atoms with van der Waals surface area (Å²) in [6, 6.07) is 0. The molecule has 0 spiro atoms. The molecule has 0 saturated heterocycles. The normalized spacial score (nSPS) is 11.7. The van der Waals surface area contributed by atoms with E-state index in [1.807, 2.05) is 0 Å². The van der Waals surface area contributed by atoms with Crippen LogP contribution >= 0.6 is 0 Å². The molecule has 0 bridgehead atoms. The van der Waals surface area contributed by atoms with Gasteiger partial charge in [-0.25, -0.2) is 0 Å². The molecule has 0 aromatic carbocycles. The maximum absolute atomic E-state index is 12.8. The van der Waals surface area contributed by atoms with Crippen molar-refractivity contribution in [3.63, 3.8) is 0 Å². The van der Waals surface area contributed by atoms with Crippen LogP contribution in [0.25, 0.3) is 0 Å². The van der Waals surface area contributed by atoms with Crippen molar-refractivity contribution in [3.8, 4) is 0 Å². The van der Waals surface area contributed by atoms with Gasteiger partial charge >= 0.3 is 17.9 Å². The number of aliphatic hydroxyl groups excluding tert-OH is 3. The summed E-state index contributed by atoms with van der Waals surface area (Å²) in [6.07, 6.45) is 61.2. The van der Waals surface area contributed by atoms with Gasteiger partial charge in [-0.05, 0) is 96.3 Å². The van der Waals surface area contributed by atoms with E-state index in [-0.39, 0.29) is 50.9 Å². The van der Waals surface area contributed by atoms with Gasteiger partial charge in [-0.3, -0.25) is 19.3 Å². The zero-order valence-corrected chi connectivity index (χ0v) is 48.1. The Morgan fingerprint density at radius 1 is 0.342 bits per heavy atom. The van der Waals surface area contributed by atoms with Gasteiger partial charge in [-0.1, -0.05) is 211 Å². The zero-order chi connectivity index (χ0) is 53.6. The van der Waals surface area contributed by atoms with Crippen LogP contribution in [0.4, 0.5) is 0 Å². The molecule has 0 saturated carbocycles. The molecule has 3 N–H and O–H groups in total. The summed E-state index contributed by atoms with van der Waals surface area (Å²) in [6.45, 7) is 8.38. The predicted molar refractivity (Wildman–Crippen MR) is 308 cm³/mol. The Balaban J connectivity index is 0. The molecule has 10 heteroatoms. The van der Waals surface area contributed by atoms with E-state index in [2.05, 4.69) is 57.2 Å². The summed E-state index contributed by atoms with van der Waals surface area (Å²) < 4.78 is 16.8. The van der Waals surface area contributed by atoms with Gasteiger partial charge in [-0.2, -0.15) is 0 Å². The fourth-order valence-electron chi connectivity index (χ4n) is 8.66. The molecule has 0 aromatic rings. The first kappa shape index (κ1) is 72.5. The Labute approximate surface area is 450 Å². The third-order valence-corrected chi connectivity index (χ3v) is 13.3. The van der Waals surface area contributed by atoms with Crippen LogP contribution in [0.5, 0.6) is 0 Å². The second-order valence-electron chi connectivity index (χ2n) is 20.5. The minimum Gasteiger partial charge on any atom is -0.462 e. The Morgan fingerprint density at radius 3 is 0.836 bits per heavy atom. The molecule has 0 atom stereocenters. The molecule has 0 rings (SSSR count). The molecule has 0 heterocycles. The highest BCUT2D eigenvalue weighted by Crippen LogP contribution is 2.15. The second kappa shape index (κ2) is 63.8. The largest absolute Gasteiger partial charge is 0.462 e. The lowest BCUT2D eigenvalue weighted by Crippen LogP contribution is -2.32. The van der Waals surface area contributed by atoms with E-state index in [0.29, 0.717) is 38.9 Å². The number of esters is 3. The average molecular weight is 1030 g/mol. The number of ether oxygens (including phenoxy) is 3. The van der Waals surface area contributed by atoms with Gasteiger partial charge in [0, 0.05) is 38.9 Å². The molecule has 0 unspecified atom stereocenters. The Hall–Kier alpha value is -2.53. The topological polar surface area (TPSA) is 143 Å². The van der Waals surface area contributed by atoms with Crippen molar-refractivity contribution in [2.24, 2.45) is 0 Å². The quantitative estimate of drug-likeness (QED) is 0.0233. The van der Waals surface area contributed by atoms with E-state index in [0.717, 1.165) is 77.0 Å². The van der Waals surface area contributed by atoms with Gasteiger partial charge in [0.05, 0.1) is 19.8 Å². The molecule has 0 aliphatic heterocycles. The molecular formula is C63H119NO9. The molecule has 0 radical (unpaired) electrons. The standard InChI is InChI=1S/C57H104O6.C6H15NO3/c1-4-7-10-13-16-19-22-25-28-31-34-37-40-43-46-49-55(58)61-52-54(63-57(60)51-48-45-42-39-36-33-30-27-24-21-18-15-12-9-6-3)53-62-56(59)50-47-44-41-38-35-32-29-26-23-20-17-14-11-8-5-2;8-4-1-7(2-5-9)3-6-10/h25-30,54H,4-24,31-53H2,1-3H3;8-10H,1-6H2/b28-25-,29-26-,30-27-;. The summed E-state index contributed by atoms with van der Waals surface area (Å²) >= 11 is 0. The first-order valence-electron chi connectivity index (χ1n) is 30.9. The summed E-state index contributed by atoms with van der Waals surface area (Å²) in [4.78, 5) is 39.8. The molecule has 10 nitrogen and oxygen atoms in total. The maximum Gasteiger partial charge on any atom is 0.306 e. The highest BCUT2D eigenvalue weighted by molar-refractivity contribution is 5.71. The Kier molecular flexibility index (Phi) is 63.4.